The molecule has 1 amide bonds. The fraction of sp³-hybridized carbons (Fsp3) is 0.250. The van der Waals surface area contributed by atoms with Crippen LogP contribution >= 0.6 is 0 Å². The molecular weight excluding hydrogens is 238 g/mol. The number of esters is 1. The molecule has 1 rings (SSSR count). The lowest BCUT2D eigenvalue weighted by Crippen LogP contribution is -2.38. The summed E-state index contributed by atoms with van der Waals surface area (Å²) in [5.74, 6) is -2.21. The molecule has 1 aromatic rings. The second-order valence-corrected chi connectivity index (χ2v) is 3.62. The van der Waals surface area contributed by atoms with Crippen LogP contribution in [0.4, 0.5) is 0 Å². The summed E-state index contributed by atoms with van der Waals surface area (Å²) in [5, 5.41) is 11.0. The number of nitrogens with one attached hydrogen (secondary N) is 1. The maximum absolute atomic E-state index is 11.8. The van der Waals surface area contributed by atoms with Gasteiger partial charge in [-0.2, -0.15) is 0 Å². The van der Waals surface area contributed by atoms with Gasteiger partial charge in [-0.1, -0.05) is 12.1 Å². The Labute approximate surface area is 104 Å². The van der Waals surface area contributed by atoms with Gasteiger partial charge >= 0.3 is 11.9 Å². The number of carbonyl (C=O) groups excluding carboxylic acids is 2. The monoisotopic (exact) mass is 251 g/mol. The average Bonchev–Trinajstić information content (AvgIpc) is 2.28. The van der Waals surface area contributed by atoms with Crippen molar-refractivity contribution in [2.24, 2.45) is 0 Å². The largest absolute Gasteiger partial charge is 0.480 e. The molecule has 18 heavy (non-hydrogen) atoms. The third-order valence-corrected chi connectivity index (χ3v) is 2.10. The zero-order chi connectivity index (χ0) is 13.7. The lowest BCUT2D eigenvalue weighted by atomic mass is 10.1. The number of carboxylic acids is 1. The van der Waals surface area contributed by atoms with Gasteiger partial charge in [0.2, 0.25) is 0 Å². The molecule has 0 spiro atoms. The lowest BCUT2D eigenvalue weighted by molar-refractivity contribution is -0.138. The number of hydrogen-bond donors (Lipinski definition) is 2. The quantitative estimate of drug-likeness (QED) is 0.610. The standard InChI is InChI=1S/C12H13NO5/c1-7(12(16)17)13-11(15)9-5-3-4-6-10(9)18-8(2)14/h3-7H,1-2H3,(H,13,15)(H,16,17). The van der Waals surface area contributed by atoms with Gasteiger partial charge in [0.15, 0.2) is 0 Å². The third kappa shape index (κ3) is 3.58. The van der Waals surface area contributed by atoms with E-state index < -0.39 is 23.9 Å². The number of hydrogen-bond acceptors (Lipinski definition) is 4. The number of amides is 1. The number of aliphatic carboxylic acids is 1. The summed E-state index contributed by atoms with van der Waals surface area (Å²) in [5.41, 5.74) is 0.112. The predicted octanol–water partition coefficient (Wildman–Crippen LogP) is 0.815. The molecule has 1 unspecified atom stereocenters. The van der Waals surface area contributed by atoms with Crippen LogP contribution in [0.15, 0.2) is 24.3 Å². The summed E-state index contributed by atoms with van der Waals surface area (Å²) in [6.45, 7) is 2.56. The van der Waals surface area contributed by atoms with Crippen molar-refractivity contribution >= 4 is 17.8 Å². The Kier molecular flexibility index (Phi) is 4.42. The van der Waals surface area contributed by atoms with Crippen molar-refractivity contribution in [2.45, 2.75) is 19.9 Å². The maximum Gasteiger partial charge on any atom is 0.325 e. The van der Waals surface area contributed by atoms with Gasteiger partial charge in [0, 0.05) is 6.92 Å². The van der Waals surface area contributed by atoms with E-state index in [0.29, 0.717) is 0 Å². The highest BCUT2D eigenvalue weighted by atomic mass is 16.5. The molecule has 6 heteroatoms. The first-order valence-corrected chi connectivity index (χ1v) is 5.23. The van der Waals surface area contributed by atoms with E-state index in [9.17, 15) is 14.4 Å². The molecule has 96 valence electrons. The summed E-state index contributed by atoms with van der Waals surface area (Å²) >= 11 is 0. The highest BCUT2D eigenvalue weighted by Gasteiger charge is 2.18. The number of para-hydroxylation sites is 1. The third-order valence-electron chi connectivity index (χ3n) is 2.10. The minimum Gasteiger partial charge on any atom is -0.480 e. The molecule has 0 aliphatic heterocycles. The number of carbonyl (C=O) groups is 3. The van der Waals surface area contributed by atoms with Crippen molar-refractivity contribution in [3.05, 3.63) is 29.8 Å². The lowest BCUT2D eigenvalue weighted by Gasteiger charge is -2.11. The fourth-order valence-electron chi connectivity index (χ4n) is 1.23. The molecule has 0 bridgehead atoms. The fourth-order valence-corrected chi connectivity index (χ4v) is 1.23. The van der Waals surface area contributed by atoms with Crippen LogP contribution in [-0.2, 0) is 9.59 Å². The van der Waals surface area contributed by atoms with E-state index in [1.807, 2.05) is 0 Å². The van der Waals surface area contributed by atoms with Crippen LogP contribution in [0.2, 0.25) is 0 Å². The Morgan fingerprint density at radius 1 is 1.28 bits per heavy atom. The smallest absolute Gasteiger partial charge is 0.325 e. The van der Waals surface area contributed by atoms with Crippen molar-refractivity contribution in [3.63, 3.8) is 0 Å². The Balaban J connectivity index is 2.91. The van der Waals surface area contributed by atoms with Gasteiger partial charge < -0.3 is 15.2 Å². The molecule has 0 heterocycles. The Morgan fingerprint density at radius 3 is 2.44 bits per heavy atom. The first-order valence-electron chi connectivity index (χ1n) is 5.23. The Bertz CT molecular complexity index is 483. The van der Waals surface area contributed by atoms with Crippen molar-refractivity contribution < 1.29 is 24.2 Å². The molecule has 0 saturated heterocycles. The molecule has 0 aliphatic carbocycles. The first kappa shape index (κ1) is 13.7. The van der Waals surface area contributed by atoms with Gasteiger partial charge in [-0.15, -0.1) is 0 Å². The molecule has 0 saturated carbocycles. The van der Waals surface area contributed by atoms with Gasteiger partial charge in [-0.25, -0.2) is 0 Å². The highest BCUT2D eigenvalue weighted by Crippen LogP contribution is 2.18. The van der Waals surface area contributed by atoms with Crippen molar-refractivity contribution in [1.82, 2.24) is 5.32 Å². The van der Waals surface area contributed by atoms with Crippen LogP contribution in [0.3, 0.4) is 0 Å². The minimum absolute atomic E-state index is 0.0973. The molecule has 1 aromatic carbocycles. The highest BCUT2D eigenvalue weighted by molar-refractivity contribution is 5.99. The average molecular weight is 251 g/mol. The summed E-state index contributed by atoms with van der Waals surface area (Å²) < 4.78 is 4.86. The minimum atomic E-state index is -1.15. The van der Waals surface area contributed by atoms with Crippen molar-refractivity contribution in [1.29, 1.82) is 0 Å². The summed E-state index contributed by atoms with van der Waals surface area (Å²) in [4.78, 5) is 33.3. The first-order chi connectivity index (χ1) is 8.41. The molecule has 0 fully saturated rings. The van der Waals surface area contributed by atoms with E-state index >= 15 is 0 Å². The zero-order valence-electron chi connectivity index (χ0n) is 9.97. The SMILES string of the molecule is CC(=O)Oc1ccccc1C(=O)NC(C)C(=O)O. The van der Waals surface area contributed by atoms with Crippen LogP contribution in [0, 0.1) is 0 Å². The van der Waals surface area contributed by atoms with Crippen LogP contribution in [-0.4, -0.2) is 29.0 Å². The topological polar surface area (TPSA) is 92.7 Å². The zero-order valence-corrected chi connectivity index (χ0v) is 9.97. The number of carboxylic acid groups (broad SMARTS) is 1. The van der Waals surface area contributed by atoms with Crippen LogP contribution < -0.4 is 10.1 Å². The van der Waals surface area contributed by atoms with Gasteiger partial charge in [-0.3, -0.25) is 14.4 Å². The molecule has 6 nitrogen and oxygen atoms in total. The molecule has 2 N–H and O–H groups in total. The van der Waals surface area contributed by atoms with Gasteiger partial charge in [0.25, 0.3) is 5.91 Å². The van der Waals surface area contributed by atoms with E-state index in [2.05, 4.69) is 5.32 Å². The van der Waals surface area contributed by atoms with E-state index in [-0.39, 0.29) is 11.3 Å². The summed E-state index contributed by atoms with van der Waals surface area (Å²) in [6.07, 6.45) is 0. The Morgan fingerprint density at radius 2 is 1.89 bits per heavy atom. The van der Waals surface area contributed by atoms with E-state index in [0.717, 1.165) is 0 Å². The summed E-state index contributed by atoms with van der Waals surface area (Å²) in [7, 11) is 0. The molecule has 1 atom stereocenters. The van der Waals surface area contributed by atoms with Gasteiger partial charge in [0.05, 0.1) is 5.56 Å². The molecular formula is C12H13NO5. The number of benzene rings is 1. The molecule has 0 aliphatic rings. The van der Waals surface area contributed by atoms with Crippen LogP contribution in [0.25, 0.3) is 0 Å². The maximum atomic E-state index is 11.8. The van der Waals surface area contributed by atoms with E-state index in [1.165, 1.54) is 26.0 Å². The molecule has 0 radical (unpaired) electrons. The van der Waals surface area contributed by atoms with E-state index in [1.54, 1.807) is 12.1 Å². The summed E-state index contributed by atoms with van der Waals surface area (Å²) in [6, 6.07) is 5.08. The number of ether oxygens (including phenoxy) is 1. The molecule has 0 aromatic heterocycles. The van der Waals surface area contributed by atoms with Crippen LogP contribution in [0.1, 0.15) is 24.2 Å². The van der Waals surface area contributed by atoms with E-state index in [4.69, 9.17) is 9.84 Å². The van der Waals surface area contributed by atoms with Crippen LogP contribution in [0.5, 0.6) is 5.75 Å². The van der Waals surface area contributed by atoms with Crippen molar-refractivity contribution in [3.8, 4) is 5.75 Å². The van der Waals surface area contributed by atoms with Gasteiger partial charge in [-0.05, 0) is 19.1 Å². The normalized spacial score (nSPS) is 11.4. The van der Waals surface area contributed by atoms with Crippen molar-refractivity contribution in [2.75, 3.05) is 0 Å². The second-order valence-electron chi connectivity index (χ2n) is 3.62. The predicted molar refractivity (Wildman–Crippen MR) is 62.3 cm³/mol. The number of rotatable bonds is 4. The Hall–Kier alpha value is -2.37. The van der Waals surface area contributed by atoms with Gasteiger partial charge in [0.1, 0.15) is 11.8 Å². The second kappa shape index (κ2) is 5.81.